The largest absolute Gasteiger partial charge is 0.477 e. The van der Waals surface area contributed by atoms with Crippen LogP contribution in [0, 0.1) is 6.92 Å². The number of amides is 1. The van der Waals surface area contributed by atoms with Gasteiger partial charge in [0.15, 0.2) is 0 Å². The summed E-state index contributed by atoms with van der Waals surface area (Å²) in [5.41, 5.74) is 2.05. The maximum Gasteiger partial charge on any atom is 0.354 e. The second kappa shape index (κ2) is 6.65. The summed E-state index contributed by atoms with van der Waals surface area (Å²) in [5, 5.41) is 9.78. The Bertz CT molecular complexity index is 787. The van der Waals surface area contributed by atoms with Crippen molar-refractivity contribution in [2.24, 2.45) is 0 Å². The van der Waals surface area contributed by atoms with Crippen LogP contribution < -0.4 is 0 Å². The molecule has 0 radical (unpaired) electrons. The molecule has 1 aromatic carbocycles. The van der Waals surface area contributed by atoms with Crippen molar-refractivity contribution < 1.29 is 14.7 Å². The number of rotatable bonds is 4. The number of benzene rings is 1. The van der Waals surface area contributed by atoms with Gasteiger partial charge in [-0.25, -0.2) is 9.78 Å². The molecule has 0 saturated carbocycles. The van der Waals surface area contributed by atoms with Crippen molar-refractivity contribution in [1.82, 2.24) is 14.5 Å². The number of likely N-dealkylation sites (tertiary alicyclic amines) is 1. The third-order valence-electron chi connectivity index (χ3n) is 4.32. The number of aryl methyl sites for hydroxylation is 1. The van der Waals surface area contributed by atoms with Crippen LogP contribution in [0.25, 0.3) is 0 Å². The van der Waals surface area contributed by atoms with Crippen LogP contribution in [0.4, 0.5) is 0 Å². The zero-order chi connectivity index (χ0) is 17.3. The van der Waals surface area contributed by atoms with Crippen LogP contribution in [0.2, 0.25) is 5.02 Å². The molecule has 1 aliphatic heterocycles. The summed E-state index contributed by atoms with van der Waals surface area (Å²) >= 11 is 6.32. The Labute approximate surface area is 144 Å². The first-order valence-electron chi connectivity index (χ1n) is 7.76. The van der Waals surface area contributed by atoms with Gasteiger partial charge in [-0.1, -0.05) is 29.3 Å². The maximum absolute atomic E-state index is 12.7. The second-order valence-corrected chi connectivity index (χ2v) is 6.39. The van der Waals surface area contributed by atoms with E-state index in [4.69, 9.17) is 16.7 Å². The van der Waals surface area contributed by atoms with Gasteiger partial charge in [-0.15, -0.1) is 0 Å². The number of carboxylic acid groups (broad SMARTS) is 1. The SMILES string of the molecule is Cc1ccc(Cl)c(C2CCCN2C(=O)Cn2cncc2C(=O)O)c1. The average molecular weight is 348 g/mol. The second-order valence-electron chi connectivity index (χ2n) is 5.98. The lowest BCUT2D eigenvalue weighted by Gasteiger charge is -2.26. The van der Waals surface area contributed by atoms with E-state index >= 15 is 0 Å². The van der Waals surface area contributed by atoms with Crippen molar-refractivity contribution in [3.05, 3.63) is 52.6 Å². The molecule has 3 rings (SSSR count). The Morgan fingerprint density at radius 2 is 2.21 bits per heavy atom. The molecule has 1 saturated heterocycles. The van der Waals surface area contributed by atoms with Crippen LogP contribution in [0.3, 0.4) is 0 Å². The molecule has 0 bridgehead atoms. The minimum Gasteiger partial charge on any atom is -0.477 e. The number of carbonyl (C=O) groups is 2. The molecule has 6 nitrogen and oxygen atoms in total. The predicted molar refractivity (Wildman–Crippen MR) is 89.1 cm³/mol. The van der Waals surface area contributed by atoms with Crippen LogP contribution in [0.1, 0.15) is 40.5 Å². The summed E-state index contributed by atoms with van der Waals surface area (Å²) in [4.78, 5) is 29.5. The molecule has 2 aromatic rings. The van der Waals surface area contributed by atoms with E-state index in [2.05, 4.69) is 4.98 Å². The van der Waals surface area contributed by atoms with Crippen molar-refractivity contribution in [3.8, 4) is 0 Å². The van der Waals surface area contributed by atoms with Gasteiger partial charge in [-0.05, 0) is 31.4 Å². The molecule has 1 N–H and O–H groups in total. The summed E-state index contributed by atoms with van der Waals surface area (Å²) in [7, 11) is 0. The van der Waals surface area contributed by atoms with Crippen LogP contribution in [0.15, 0.2) is 30.7 Å². The standard InChI is InChI=1S/C17H18ClN3O3/c1-11-4-5-13(18)12(7-11)14-3-2-6-21(14)16(22)9-20-10-19-8-15(20)17(23)24/h4-5,7-8,10,14H,2-3,6,9H2,1H3,(H,23,24). The van der Waals surface area contributed by atoms with Gasteiger partial charge in [0.2, 0.25) is 5.91 Å². The Balaban J connectivity index is 1.82. The normalized spacial score (nSPS) is 17.2. The quantitative estimate of drug-likeness (QED) is 0.922. The molecule has 0 aliphatic carbocycles. The van der Waals surface area contributed by atoms with Gasteiger partial charge in [0.25, 0.3) is 0 Å². The lowest BCUT2D eigenvalue weighted by molar-refractivity contribution is -0.132. The maximum atomic E-state index is 12.7. The molecule has 1 amide bonds. The molecule has 1 aliphatic rings. The molecular formula is C17H18ClN3O3. The van der Waals surface area contributed by atoms with Gasteiger partial charge in [-0.2, -0.15) is 0 Å². The molecule has 126 valence electrons. The Kier molecular flexibility index (Phi) is 4.57. The summed E-state index contributed by atoms with van der Waals surface area (Å²) in [5.74, 6) is -1.23. The van der Waals surface area contributed by atoms with E-state index in [0.29, 0.717) is 11.6 Å². The van der Waals surface area contributed by atoms with Crippen LogP contribution >= 0.6 is 11.6 Å². The molecule has 1 unspecified atom stereocenters. The van der Waals surface area contributed by atoms with Gasteiger partial charge < -0.3 is 14.6 Å². The van der Waals surface area contributed by atoms with E-state index in [9.17, 15) is 9.59 Å². The number of aromatic carboxylic acids is 1. The van der Waals surface area contributed by atoms with Crippen LogP contribution in [-0.2, 0) is 11.3 Å². The molecule has 0 spiro atoms. The number of imidazole rings is 1. The average Bonchev–Trinajstić information content (AvgIpc) is 3.18. The number of hydrogen-bond donors (Lipinski definition) is 1. The van der Waals surface area contributed by atoms with E-state index in [1.165, 1.54) is 17.1 Å². The van der Waals surface area contributed by atoms with E-state index < -0.39 is 5.97 Å². The molecule has 1 aromatic heterocycles. The number of carboxylic acids is 1. The van der Waals surface area contributed by atoms with E-state index in [0.717, 1.165) is 24.0 Å². The molecule has 2 heterocycles. The first kappa shape index (κ1) is 16.5. The Hall–Kier alpha value is -2.34. The third kappa shape index (κ3) is 3.14. The molecule has 7 heteroatoms. The molecular weight excluding hydrogens is 330 g/mol. The van der Waals surface area contributed by atoms with Gasteiger partial charge in [0.05, 0.1) is 18.6 Å². The van der Waals surface area contributed by atoms with Crippen molar-refractivity contribution in [1.29, 1.82) is 0 Å². The highest BCUT2D eigenvalue weighted by Gasteiger charge is 2.31. The van der Waals surface area contributed by atoms with Crippen molar-refractivity contribution >= 4 is 23.5 Å². The van der Waals surface area contributed by atoms with Gasteiger partial charge in [0.1, 0.15) is 12.2 Å². The van der Waals surface area contributed by atoms with Gasteiger partial charge in [-0.3, -0.25) is 4.79 Å². The van der Waals surface area contributed by atoms with Gasteiger partial charge >= 0.3 is 5.97 Å². The predicted octanol–water partition coefficient (Wildman–Crippen LogP) is 2.91. The number of halogens is 1. The summed E-state index contributed by atoms with van der Waals surface area (Å²) < 4.78 is 1.36. The minimum absolute atomic E-state index is 0.00712. The fourth-order valence-electron chi connectivity index (χ4n) is 3.17. The monoisotopic (exact) mass is 347 g/mol. The topological polar surface area (TPSA) is 75.4 Å². The highest BCUT2D eigenvalue weighted by atomic mass is 35.5. The van der Waals surface area contributed by atoms with Crippen molar-refractivity contribution in [2.45, 2.75) is 32.4 Å². The molecule has 1 atom stereocenters. The highest BCUT2D eigenvalue weighted by molar-refractivity contribution is 6.31. The Morgan fingerprint density at radius 3 is 2.96 bits per heavy atom. The molecule has 24 heavy (non-hydrogen) atoms. The zero-order valence-electron chi connectivity index (χ0n) is 13.3. The summed E-state index contributed by atoms with van der Waals surface area (Å²) in [6.07, 6.45) is 4.36. The minimum atomic E-state index is -1.10. The third-order valence-corrected chi connectivity index (χ3v) is 4.66. The highest BCUT2D eigenvalue weighted by Crippen LogP contribution is 2.36. The first-order chi connectivity index (χ1) is 11.5. The van der Waals surface area contributed by atoms with E-state index in [-0.39, 0.29) is 24.2 Å². The van der Waals surface area contributed by atoms with Crippen molar-refractivity contribution in [2.75, 3.05) is 6.54 Å². The zero-order valence-corrected chi connectivity index (χ0v) is 14.0. The molecule has 1 fully saturated rings. The fraction of sp³-hybridized carbons (Fsp3) is 0.353. The number of hydrogen-bond acceptors (Lipinski definition) is 3. The van der Waals surface area contributed by atoms with E-state index in [1.54, 1.807) is 4.90 Å². The lowest BCUT2D eigenvalue weighted by Crippen LogP contribution is -2.34. The van der Waals surface area contributed by atoms with E-state index in [1.807, 2.05) is 25.1 Å². The smallest absolute Gasteiger partial charge is 0.354 e. The first-order valence-corrected chi connectivity index (χ1v) is 8.14. The van der Waals surface area contributed by atoms with Crippen molar-refractivity contribution in [3.63, 3.8) is 0 Å². The number of aromatic nitrogens is 2. The van der Waals surface area contributed by atoms with Crippen LogP contribution in [0.5, 0.6) is 0 Å². The summed E-state index contributed by atoms with van der Waals surface area (Å²) in [6.45, 7) is 2.60. The Morgan fingerprint density at radius 1 is 1.42 bits per heavy atom. The number of nitrogens with zero attached hydrogens (tertiary/aromatic N) is 3. The summed E-state index contributed by atoms with van der Waals surface area (Å²) in [6, 6.07) is 5.74. The lowest BCUT2D eigenvalue weighted by atomic mass is 10.0. The van der Waals surface area contributed by atoms with Gasteiger partial charge in [0, 0.05) is 11.6 Å². The number of carbonyl (C=O) groups excluding carboxylic acids is 1. The van der Waals surface area contributed by atoms with Crippen LogP contribution in [-0.4, -0.2) is 38.0 Å². The fourth-order valence-corrected chi connectivity index (χ4v) is 3.41.